The molecule has 1 aliphatic heterocycles. The van der Waals surface area contributed by atoms with Crippen LogP contribution in [0, 0.1) is 5.92 Å². The van der Waals surface area contributed by atoms with E-state index in [9.17, 15) is 18.0 Å². The maximum absolute atomic E-state index is 12.7. The Bertz CT molecular complexity index is 850. The molecule has 0 spiro atoms. The molecule has 28 heavy (non-hydrogen) atoms. The van der Waals surface area contributed by atoms with Gasteiger partial charge in [-0.2, -0.15) is 13.2 Å². The van der Waals surface area contributed by atoms with Crippen molar-refractivity contribution in [2.24, 2.45) is 5.92 Å². The molecule has 1 fully saturated rings. The van der Waals surface area contributed by atoms with Gasteiger partial charge in [0.1, 0.15) is 0 Å². The van der Waals surface area contributed by atoms with Gasteiger partial charge >= 0.3 is 6.18 Å². The monoisotopic (exact) mass is 388 g/mol. The number of benzene rings is 1. The van der Waals surface area contributed by atoms with Crippen molar-refractivity contribution in [2.45, 2.75) is 12.2 Å². The Morgan fingerprint density at radius 2 is 1.86 bits per heavy atom. The van der Waals surface area contributed by atoms with Crippen molar-refractivity contribution in [3.63, 3.8) is 0 Å². The minimum Gasteiger partial charge on any atom is -0.349 e. The first-order valence-corrected chi connectivity index (χ1v) is 8.67. The van der Waals surface area contributed by atoms with Crippen LogP contribution in [0.15, 0.2) is 61.5 Å². The van der Waals surface area contributed by atoms with Gasteiger partial charge in [0.05, 0.1) is 11.6 Å². The summed E-state index contributed by atoms with van der Waals surface area (Å²) in [5, 5.41) is 3.21. The molecular weight excluding hydrogens is 369 g/mol. The molecule has 0 aliphatic carbocycles. The first-order valence-electron chi connectivity index (χ1n) is 8.67. The van der Waals surface area contributed by atoms with Gasteiger partial charge in [-0.05, 0) is 29.8 Å². The smallest absolute Gasteiger partial charge is 0.349 e. The minimum atomic E-state index is -4.36. The quantitative estimate of drug-likeness (QED) is 0.795. The molecule has 2 heterocycles. The molecular formula is C20H19F3N4O. The van der Waals surface area contributed by atoms with Crippen LogP contribution in [0.5, 0.6) is 0 Å². The van der Waals surface area contributed by atoms with Crippen LogP contribution in [0.1, 0.15) is 11.1 Å². The summed E-state index contributed by atoms with van der Waals surface area (Å²) >= 11 is 0. The molecule has 1 aromatic heterocycles. The van der Waals surface area contributed by atoms with Crippen molar-refractivity contribution >= 4 is 17.9 Å². The van der Waals surface area contributed by atoms with Gasteiger partial charge in [0.25, 0.3) is 0 Å². The third kappa shape index (κ3) is 4.76. The Kier molecular flexibility index (Phi) is 5.77. The standard InChI is InChI=1S/C20H19F3N4O/c1-2-18(28)27-12-15(17(13-27)26-19-24-10-3-11-25-19)7-4-14-5-8-16(9-6-14)20(21,22)23/h2-11,15,17H,1,12-13H2,(H,24,25,26)/b7-4+/t15-,17-/m1/s1. The van der Waals surface area contributed by atoms with Gasteiger partial charge in [-0.1, -0.05) is 30.9 Å². The summed E-state index contributed by atoms with van der Waals surface area (Å²) in [5.41, 5.74) is -0.0368. The lowest BCUT2D eigenvalue weighted by Crippen LogP contribution is -2.31. The van der Waals surface area contributed by atoms with E-state index >= 15 is 0 Å². The van der Waals surface area contributed by atoms with Gasteiger partial charge < -0.3 is 10.2 Å². The van der Waals surface area contributed by atoms with E-state index in [1.807, 2.05) is 6.08 Å². The van der Waals surface area contributed by atoms with Crippen LogP contribution >= 0.6 is 0 Å². The number of hydrogen-bond acceptors (Lipinski definition) is 4. The van der Waals surface area contributed by atoms with Gasteiger partial charge in [0.2, 0.25) is 11.9 Å². The highest BCUT2D eigenvalue weighted by Crippen LogP contribution is 2.29. The number of nitrogens with zero attached hydrogens (tertiary/aromatic N) is 3. The summed E-state index contributed by atoms with van der Waals surface area (Å²) in [6.07, 6.45) is 3.78. The number of likely N-dealkylation sites (tertiary alicyclic amines) is 1. The topological polar surface area (TPSA) is 58.1 Å². The van der Waals surface area contributed by atoms with Crippen molar-refractivity contribution in [3.05, 3.63) is 72.6 Å². The van der Waals surface area contributed by atoms with E-state index in [0.717, 1.165) is 12.1 Å². The van der Waals surface area contributed by atoms with Crippen molar-refractivity contribution in [1.29, 1.82) is 0 Å². The number of aromatic nitrogens is 2. The normalized spacial score (nSPS) is 19.8. The maximum atomic E-state index is 12.7. The van der Waals surface area contributed by atoms with Gasteiger partial charge in [0, 0.05) is 31.4 Å². The van der Waals surface area contributed by atoms with E-state index < -0.39 is 11.7 Å². The molecule has 5 nitrogen and oxygen atoms in total. The van der Waals surface area contributed by atoms with E-state index in [4.69, 9.17) is 0 Å². The molecule has 0 radical (unpaired) electrons. The summed E-state index contributed by atoms with van der Waals surface area (Å²) in [6, 6.07) is 6.52. The third-order valence-electron chi connectivity index (χ3n) is 4.51. The number of alkyl halides is 3. The number of halogens is 3. The Morgan fingerprint density at radius 1 is 1.18 bits per heavy atom. The average molecular weight is 388 g/mol. The molecule has 2 aromatic rings. The number of nitrogens with one attached hydrogen (secondary N) is 1. The molecule has 146 valence electrons. The first kappa shape index (κ1) is 19.6. The van der Waals surface area contributed by atoms with Crippen molar-refractivity contribution < 1.29 is 18.0 Å². The Balaban J connectivity index is 1.75. The molecule has 0 unspecified atom stereocenters. The number of carbonyl (C=O) groups is 1. The number of amides is 1. The highest BCUT2D eigenvalue weighted by Gasteiger charge is 2.33. The van der Waals surface area contributed by atoms with E-state index in [0.29, 0.717) is 24.6 Å². The second-order valence-corrected chi connectivity index (χ2v) is 6.41. The van der Waals surface area contributed by atoms with Crippen molar-refractivity contribution in [1.82, 2.24) is 14.9 Å². The lowest BCUT2D eigenvalue weighted by Gasteiger charge is -2.16. The number of hydrogen-bond donors (Lipinski definition) is 1. The van der Waals surface area contributed by atoms with Crippen LogP contribution < -0.4 is 5.32 Å². The van der Waals surface area contributed by atoms with Crippen LogP contribution in [0.4, 0.5) is 19.1 Å². The zero-order valence-corrected chi connectivity index (χ0v) is 14.9. The minimum absolute atomic E-state index is 0.0602. The van der Waals surface area contributed by atoms with E-state index in [1.54, 1.807) is 29.4 Å². The molecule has 1 aliphatic rings. The van der Waals surface area contributed by atoms with Crippen LogP contribution in [-0.2, 0) is 11.0 Å². The Morgan fingerprint density at radius 3 is 2.46 bits per heavy atom. The summed E-state index contributed by atoms with van der Waals surface area (Å²) in [5.74, 6) is 0.217. The number of carbonyl (C=O) groups excluding carboxylic acids is 1. The first-order chi connectivity index (χ1) is 13.4. The summed E-state index contributed by atoms with van der Waals surface area (Å²) < 4.78 is 38.0. The van der Waals surface area contributed by atoms with E-state index in [-0.39, 0.29) is 17.9 Å². The van der Waals surface area contributed by atoms with Gasteiger partial charge in [-0.3, -0.25) is 4.79 Å². The van der Waals surface area contributed by atoms with Gasteiger partial charge in [-0.15, -0.1) is 0 Å². The summed E-state index contributed by atoms with van der Waals surface area (Å²) in [6.45, 7) is 4.43. The lowest BCUT2D eigenvalue weighted by atomic mass is 10.0. The van der Waals surface area contributed by atoms with Gasteiger partial charge in [-0.25, -0.2) is 9.97 Å². The van der Waals surface area contributed by atoms with Crippen LogP contribution in [-0.4, -0.2) is 39.9 Å². The molecule has 2 atom stereocenters. The molecule has 1 saturated heterocycles. The fraction of sp³-hybridized carbons (Fsp3) is 0.250. The maximum Gasteiger partial charge on any atom is 0.416 e. The van der Waals surface area contributed by atoms with Gasteiger partial charge in [0.15, 0.2) is 0 Å². The second-order valence-electron chi connectivity index (χ2n) is 6.41. The highest BCUT2D eigenvalue weighted by atomic mass is 19.4. The van der Waals surface area contributed by atoms with Crippen LogP contribution in [0.3, 0.4) is 0 Å². The van der Waals surface area contributed by atoms with Crippen molar-refractivity contribution in [3.8, 4) is 0 Å². The number of anilines is 1. The molecule has 1 amide bonds. The largest absolute Gasteiger partial charge is 0.416 e. The summed E-state index contributed by atoms with van der Waals surface area (Å²) in [4.78, 5) is 21.9. The zero-order chi connectivity index (χ0) is 20.1. The third-order valence-corrected chi connectivity index (χ3v) is 4.51. The fourth-order valence-corrected chi connectivity index (χ4v) is 3.04. The van der Waals surface area contributed by atoms with E-state index in [2.05, 4.69) is 21.9 Å². The van der Waals surface area contributed by atoms with Crippen molar-refractivity contribution in [2.75, 3.05) is 18.4 Å². The fourth-order valence-electron chi connectivity index (χ4n) is 3.04. The predicted molar refractivity (Wildman–Crippen MR) is 100 cm³/mol. The average Bonchev–Trinajstić information content (AvgIpc) is 3.09. The van der Waals surface area contributed by atoms with Crippen LogP contribution in [0.25, 0.3) is 6.08 Å². The number of rotatable bonds is 5. The van der Waals surface area contributed by atoms with Crippen LogP contribution in [0.2, 0.25) is 0 Å². The summed E-state index contributed by atoms with van der Waals surface area (Å²) in [7, 11) is 0. The molecule has 1 N–H and O–H groups in total. The molecule has 1 aromatic carbocycles. The Labute approximate surface area is 160 Å². The molecule has 3 rings (SSSR count). The Hall–Kier alpha value is -3.16. The second kappa shape index (κ2) is 8.24. The van der Waals surface area contributed by atoms with E-state index in [1.165, 1.54) is 18.2 Å². The SMILES string of the molecule is C=CC(=O)N1C[C@@H](/C=C/c2ccc(C(F)(F)F)cc2)[C@H](Nc2ncccn2)C1. The molecule has 0 bridgehead atoms. The molecule has 0 saturated carbocycles. The molecule has 8 heteroatoms. The lowest BCUT2D eigenvalue weighted by molar-refractivity contribution is -0.137. The highest BCUT2D eigenvalue weighted by molar-refractivity contribution is 5.87. The predicted octanol–water partition coefficient (Wildman–Crippen LogP) is 3.63. The zero-order valence-electron chi connectivity index (χ0n) is 14.9.